The van der Waals surface area contributed by atoms with E-state index in [-0.39, 0.29) is 0 Å². The first-order chi connectivity index (χ1) is 11.8. The van der Waals surface area contributed by atoms with E-state index in [9.17, 15) is 0 Å². The summed E-state index contributed by atoms with van der Waals surface area (Å²) < 4.78 is 0. The van der Waals surface area contributed by atoms with Gasteiger partial charge in [-0.25, -0.2) is 0 Å². The SMILES string of the molecule is CC1C2=C(C3CCC2CN3)C(C)C2=C1C1CSC2c2ccccc21. The van der Waals surface area contributed by atoms with Crippen LogP contribution in [0.3, 0.4) is 0 Å². The second-order valence-electron chi connectivity index (χ2n) is 8.39. The number of fused-ring (bicyclic) bond motifs is 3. The predicted octanol–water partition coefficient (Wildman–Crippen LogP) is 4.83. The van der Waals surface area contributed by atoms with Gasteiger partial charge in [-0.15, -0.1) is 11.8 Å². The van der Waals surface area contributed by atoms with E-state index in [4.69, 9.17) is 0 Å². The highest BCUT2D eigenvalue weighted by molar-refractivity contribution is 7.99. The van der Waals surface area contributed by atoms with Crippen molar-refractivity contribution in [3.8, 4) is 0 Å². The fraction of sp³-hybridized carbons (Fsp3) is 0.545. The quantitative estimate of drug-likeness (QED) is 0.681. The highest BCUT2D eigenvalue weighted by atomic mass is 32.2. The Morgan fingerprint density at radius 3 is 2.50 bits per heavy atom. The summed E-state index contributed by atoms with van der Waals surface area (Å²) >= 11 is 2.21. The Balaban J connectivity index is 1.56. The van der Waals surface area contributed by atoms with Crippen LogP contribution in [0.5, 0.6) is 0 Å². The second-order valence-corrected chi connectivity index (χ2v) is 9.53. The van der Waals surface area contributed by atoms with Crippen molar-refractivity contribution in [1.29, 1.82) is 0 Å². The molecule has 0 amide bonds. The van der Waals surface area contributed by atoms with Crippen molar-refractivity contribution < 1.29 is 0 Å². The Morgan fingerprint density at radius 2 is 1.71 bits per heavy atom. The lowest BCUT2D eigenvalue weighted by Crippen LogP contribution is -2.51. The number of rotatable bonds is 0. The van der Waals surface area contributed by atoms with E-state index in [1.807, 2.05) is 11.1 Å². The van der Waals surface area contributed by atoms with Crippen molar-refractivity contribution in [2.24, 2.45) is 17.8 Å². The highest BCUT2D eigenvalue weighted by Gasteiger charge is 2.50. The number of thioether (sulfide) groups is 1. The maximum absolute atomic E-state index is 3.84. The summed E-state index contributed by atoms with van der Waals surface area (Å²) in [6, 6.07) is 9.96. The number of benzene rings is 1. The molecular weight excluding hydrogens is 310 g/mol. The molecule has 0 spiro atoms. The largest absolute Gasteiger partial charge is 0.310 e. The van der Waals surface area contributed by atoms with Gasteiger partial charge in [-0.2, -0.15) is 0 Å². The average molecular weight is 336 g/mol. The average Bonchev–Trinajstić information content (AvgIpc) is 2.66. The summed E-state index contributed by atoms with van der Waals surface area (Å²) in [5.74, 6) is 4.11. The number of nitrogens with one attached hydrogen (secondary N) is 1. The molecule has 1 fully saturated rings. The molecule has 1 aromatic rings. The zero-order valence-corrected chi connectivity index (χ0v) is 15.3. The standard InChI is InChI=1S/C22H25NS/c1-11-18-13-7-8-17(23-9-13)20(18)12(2)21-19(11)16-10-24-22(21)15-6-4-3-5-14(15)16/h3-6,11-13,16-17,22-23H,7-10H2,1-2H3. The monoisotopic (exact) mass is 335 g/mol. The van der Waals surface area contributed by atoms with Crippen molar-refractivity contribution in [2.45, 2.75) is 43.9 Å². The molecule has 3 aliphatic carbocycles. The van der Waals surface area contributed by atoms with Crippen molar-refractivity contribution >= 4 is 11.8 Å². The van der Waals surface area contributed by atoms with Gasteiger partial charge in [-0.1, -0.05) is 49.3 Å². The lowest BCUT2D eigenvalue weighted by atomic mass is 9.57. The fourth-order valence-corrected chi connectivity index (χ4v) is 8.31. The third-order valence-electron chi connectivity index (χ3n) is 7.50. The minimum absolute atomic E-state index is 0.619. The molecule has 1 aromatic carbocycles. The van der Waals surface area contributed by atoms with E-state index in [1.54, 1.807) is 22.3 Å². The van der Waals surface area contributed by atoms with Gasteiger partial charge in [0.25, 0.3) is 0 Å². The van der Waals surface area contributed by atoms with Crippen LogP contribution in [-0.4, -0.2) is 18.3 Å². The molecule has 0 aromatic heterocycles. The van der Waals surface area contributed by atoms with E-state index in [0.29, 0.717) is 29.0 Å². The van der Waals surface area contributed by atoms with Crippen LogP contribution in [0, 0.1) is 17.8 Å². The normalized spacial score (nSPS) is 42.1. The van der Waals surface area contributed by atoms with Gasteiger partial charge in [0, 0.05) is 30.2 Å². The molecule has 2 heteroatoms. The predicted molar refractivity (Wildman–Crippen MR) is 101 cm³/mol. The van der Waals surface area contributed by atoms with Crippen molar-refractivity contribution in [1.82, 2.24) is 5.32 Å². The Hall–Kier alpha value is -0.990. The van der Waals surface area contributed by atoms with Crippen LogP contribution in [0.15, 0.2) is 46.6 Å². The molecule has 4 aliphatic heterocycles. The van der Waals surface area contributed by atoms with E-state index in [1.165, 1.54) is 25.1 Å². The molecular formula is C22H25NS. The zero-order valence-electron chi connectivity index (χ0n) is 14.5. The van der Waals surface area contributed by atoms with Gasteiger partial charge in [-0.05, 0) is 47.0 Å². The lowest BCUT2D eigenvalue weighted by Gasteiger charge is -2.54. The van der Waals surface area contributed by atoms with Gasteiger partial charge >= 0.3 is 0 Å². The minimum Gasteiger partial charge on any atom is -0.310 e. The molecule has 0 saturated carbocycles. The van der Waals surface area contributed by atoms with E-state index < -0.39 is 0 Å². The summed E-state index contributed by atoms with van der Waals surface area (Å²) in [6.45, 7) is 6.27. The lowest BCUT2D eigenvalue weighted by molar-refractivity contribution is 0.286. The van der Waals surface area contributed by atoms with Gasteiger partial charge in [-0.3, -0.25) is 0 Å². The maximum Gasteiger partial charge on any atom is 0.0518 e. The molecule has 0 radical (unpaired) electrons. The molecule has 7 aliphatic rings. The van der Waals surface area contributed by atoms with E-state index in [0.717, 1.165) is 5.92 Å². The van der Waals surface area contributed by atoms with Crippen LogP contribution in [0.2, 0.25) is 0 Å². The van der Waals surface area contributed by atoms with Crippen LogP contribution in [-0.2, 0) is 0 Å². The molecule has 124 valence electrons. The fourth-order valence-electron chi connectivity index (χ4n) is 6.65. The Labute approximate surface area is 149 Å². The van der Waals surface area contributed by atoms with Crippen LogP contribution in [0.1, 0.15) is 49.0 Å². The second kappa shape index (κ2) is 4.80. The first kappa shape index (κ1) is 14.2. The van der Waals surface area contributed by atoms with Crippen LogP contribution >= 0.6 is 11.8 Å². The summed E-state index contributed by atoms with van der Waals surface area (Å²) in [4.78, 5) is 0. The molecule has 1 saturated heterocycles. The molecule has 1 N–H and O–H groups in total. The number of allylic oxidation sites excluding steroid dienone is 1. The number of piperidine rings is 1. The smallest absolute Gasteiger partial charge is 0.0518 e. The summed E-state index contributed by atoms with van der Waals surface area (Å²) in [5, 5.41) is 4.46. The first-order valence-electron chi connectivity index (χ1n) is 9.67. The summed E-state index contributed by atoms with van der Waals surface area (Å²) in [6.07, 6.45) is 2.77. The van der Waals surface area contributed by atoms with Crippen LogP contribution < -0.4 is 5.32 Å². The van der Waals surface area contributed by atoms with Crippen LogP contribution in [0.4, 0.5) is 0 Å². The Kier molecular flexibility index (Phi) is 2.84. The minimum atomic E-state index is 0.619. The van der Waals surface area contributed by atoms with Gasteiger partial charge in [0.05, 0.1) is 5.25 Å². The Bertz CT molecular complexity index is 731. The topological polar surface area (TPSA) is 12.0 Å². The maximum atomic E-state index is 3.84. The molecule has 1 nitrogen and oxygen atoms in total. The summed E-state index contributed by atoms with van der Waals surface area (Å²) in [5.41, 5.74) is 10.5. The molecule has 4 heterocycles. The third-order valence-corrected chi connectivity index (χ3v) is 8.87. The number of hydrogen-bond donors (Lipinski definition) is 1. The molecule has 6 atom stereocenters. The van der Waals surface area contributed by atoms with Gasteiger partial charge in [0.1, 0.15) is 0 Å². The zero-order chi connectivity index (χ0) is 16.0. The van der Waals surface area contributed by atoms with Crippen LogP contribution in [0.25, 0.3) is 0 Å². The first-order valence-corrected chi connectivity index (χ1v) is 10.7. The number of hydrogen-bond acceptors (Lipinski definition) is 2. The Morgan fingerprint density at radius 1 is 0.917 bits per heavy atom. The van der Waals surface area contributed by atoms with Crippen molar-refractivity contribution in [3.63, 3.8) is 0 Å². The van der Waals surface area contributed by atoms with Gasteiger partial charge in [0.2, 0.25) is 0 Å². The van der Waals surface area contributed by atoms with Gasteiger partial charge < -0.3 is 5.32 Å². The van der Waals surface area contributed by atoms with E-state index >= 15 is 0 Å². The molecule has 6 unspecified atom stereocenters. The van der Waals surface area contributed by atoms with Gasteiger partial charge in [0.15, 0.2) is 0 Å². The van der Waals surface area contributed by atoms with Crippen molar-refractivity contribution in [3.05, 3.63) is 57.7 Å². The van der Waals surface area contributed by atoms with E-state index in [2.05, 4.69) is 55.2 Å². The molecule has 4 bridgehead atoms. The third kappa shape index (κ3) is 1.58. The molecule has 8 rings (SSSR count). The highest BCUT2D eigenvalue weighted by Crippen LogP contribution is 2.63. The molecule has 24 heavy (non-hydrogen) atoms. The summed E-state index contributed by atoms with van der Waals surface area (Å²) in [7, 11) is 0. The van der Waals surface area contributed by atoms with Crippen molar-refractivity contribution in [2.75, 3.05) is 12.3 Å².